The summed E-state index contributed by atoms with van der Waals surface area (Å²) in [5.41, 5.74) is 2.97. The standard InChI is InChI=1S/C23H30N2O3/c1-16(2)24-23(27)18(4)25(15-20-10-7-11-21(13-20)28-5)22(26)14-19-9-6-8-17(3)12-19/h6-13,16,18H,14-15H2,1-5H3,(H,24,27). The van der Waals surface area contributed by atoms with Crippen LogP contribution in [-0.2, 0) is 22.6 Å². The number of aryl methyl sites for hydroxylation is 1. The van der Waals surface area contributed by atoms with Gasteiger partial charge in [-0.3, -0.25) is 9.59 Å². The fourth-order valence-corrected chi connectivity index (χ4v) is 3.05. The minimum absolute atomic E-state index is 0.0143. The lowest BCUT2D eigenvalue weighted by Gasteiger charge is -2.29. The molecule has 0 spiro atoms. The van der Waals surface area contributed by atoms with E-state index in [9.17, 15) is 9.59 Å². The van der Waals surface area contributed by atoms with Gasteiger partial charge in [0, 0.05) is 12.6 Å². The number of methoxy groups -OCH3 is 1. The quantitative estimate of drug-likeness (QED) is 0.760. The Morgan fingerprint density at radius 1 is 1.04 bits per heavy atom. The van der Waals surface area contributed by atoms with Crippen LogP contribution < -0.4 is 10.1 Å². The Kier molecular flexibility index (Phi) is 7.61. The number of ether oxygens (including phenoxy) is 1. The van der Waals surface area contributed by atoms with E-state index in [-0.39, 0.29) is 24.3 Å². The Morgan fingerprint density at radius 3 is 2.36 bits per heavy atom. The molecule has 0 aliphatic rings. The molecule has 150 valence electrons. The van der Waals surface area contributed by atoms with Gasteiger partial charge in [0.1, 0.15) is 11.8 Å². The average Bonchev–Trinajstić information content (AvgIpc) is 2.65. The summed E-state index contributed by atoms with van der Waals surface area (Å²) < 4.78 is 5.28. The van der Waals surface area contributed by atoms with Crippen LogP contribution in [0.4, 0.5) is 0 Å². The van der Waals surface area contributed by atoms with Gasteiger partial charge in [0.15, 0.2) is 0 Å². The zero-order chi connectivity index (χ0) is 20.7. The molecule has 0 saturated carbocycles. The molecule has 2 aromatic rings. The van der Waals surface area contributed by atoms with Crippen LogP contribution in [0.3, 0.4) is 0 Å². The topological polar surface area (TPSA) is 58.6 Å². The molecule has 0 bridgehead atoms. The van der Waals surface area contributed by atoms with Gasteiger partial charge in [-0.25, -0.2) is 0 Å². The Labute approximate surface area is 167 Å². The van der Waals surface area contributed by atoms with Crippen molar-refractivity contribution in [1.82, 2.24) is 10.2 Å². The highest BCUT2D eigenvalue weighted by Gasteiger charge is 2.26. The maximum Gasteiger partial charge on any atom is 0.242 e. The van der Waals surface area contributed by atoms with Crippen LogP contribution in [0, 0.1) is 6.92 Å². The monoisotopic (exact) mass is 382 g/mol. The molecular formula is C23H30N2O3. The minimum atomic E-state index is -0.578. The van der Waals surface area contributed by atoms with Gasteiger partial charge in [-0.15, -0.1) is 0 Å². The van der Waals surface area contributed by atoms with Gasteiger partial charge in [0.25, 0.3) is 0 Å². The van der Waals surface area contributed by atoms with Crippen molar-refractivity contribution in [2.75, 3.05) is 7.11 Å². The molecule has 0 heterocycles. The predicted octanol–water partition coefficient (Wildman–Crippen LogP) is 3.49. The van der Waals surface area contributed by atoms with E-state index >= 15 is 0 Å². The second kappa shape index (κ2) is 9.93. The van der Waals surface area contributed by atoms with Crippen molar-refractivity contribution in [3.63, 3.8) is 0 Å². The fourth-order valence-electron chi connectivity index (χ4n) is 3.05. The molecule has 2 aromatic carbocycles. The summed E-state index contributed by atoms with van der Waals surface area (Å²) >= 11 is 0. The second-order valence-corrected chi connectivity index (χ2v) is 7.38. The van der Waals surface area contributed by atoms with Crippen LogP contribution >= 0.6 is 0 Å². The van der Waals surface area contributed by atoms with Crippen molar-refractivity contribution in [1.29, 1.82) is 0 Å². The van der Waals surface area contributed by atoms with Gasteiger partial charge in [0.2, 0.25) is 11.8 Å². The van der Waals surface area contributed by atoms with E-state index in [4.69, 9.17) is 4.74 Å². The van der Waals surface area contributed by atoms with Crippen LogP contribution in [0.25, 0.3) is 0 Å². The minimum Gasteiger partial charge on any atom is -0.497 e. The fraction of sp³-hybridized carbons (Fsp3) is 0.391. The Bertz CT molecular complexity index is 817. The number of hydrogen-bond acceptors (Lipinski definition) is 3. The van der Waals surface area contributed by atoms with Crippen LogP contribution in [0.5, 0.6) is 5.75 Å². The molecular weight excluding hydrogens is 352 g/mol. The highest BCUT2D eigenvalue weighted by atomic mass is 16.5. The molecule has 0 saturated heterocycles. The molecule has 5 heteroatoms. The third-order valence-corrected chi connectivity index (χ3v) is 4.52. The summed E-state index contributed by atoms with van der Waals surface area (Å²) in [5, 5.41) is 2.90. The number of nitrogens with zero attached hydrogens (tertiary/aromatic N) is 1. The maximum absolute atomic E-state index is 13.1. The van der Waals surface area contributed by atoms with E-state index in [1.165, 1.54) is 0 Å². The van der Waals surface area contributed by atoms with Crippen molar-refractivity contribution < 1.29 is 14.3 Å². The molecule has 0 radical (unpaired) electrons. The molecule has 1 unspecified atom stereocenters. The summed E-state index contributed by atoms with van der Waals surface area (Å²) in [6.07, 6.45) is 0.255. The normalized spacial score (nSPS) is 11.8. The molecule has 5 nitrogen and oxygen atoms in total. The number of nitrogens with one attached hydrogen (secondary N) is 1. The Morgan fingerprint density at radius 2 is 1.71 bits per heavy atom. The first-order valence-electron chi connectivity index (χ1n) is 9.58. The van der Waals surface area contributed by atoms with Gasteiger partial charge in [0.05, 0.1) is 13.5 Å². The van der Waals surface area contributed by atoms with Gasteiger partial charge >= 0.3 is 0 Å². The first kappa shape index (κ1) is 21.5. The molecule has 0 aliphatic heterocycles. The van der Waals surface area contributed by atoms with Crippen molar-refractivity contribution in [2.45, 2.75) is 52.7 Å². The van der Waals surface area contributed by atoms with Gasteiger partial charge < -0.3 is 15.0 Å². The highest BCUT2D eigenvalue weighted by molar-refractivity contribution is 5.88. The zero-order valence-corrected chi connectivity index (χ0v) is 17.4. The average molecular weight is 383 g/mol. The summed E-state index contributed by atoms with van der Waals surface area (Å²) in [6, 6.07) is 14.9. The van der Waals surface area contributed by atoms with Crippen LogP contribution in [0.2, 0.25) is 0 Å². The zero-order valence-electron chi connectivity index (χ0n) is 17.4. The van der Waals surface area contributed by atoms with E-state index < -0.39 is 6.04 Å². The molecule has 1 atom stereocenters. The largest absolute Gasteiger partial charge is 0.497 e. The second-order valence-electron chi connectivity index (χ2n) is 7.38. The molecule has 0 aliphatic carbocycles. The van der Waals surface area contributed by atoms with E-state index in [1.54, 1.807) is 18.9 Å². The number of carbonyl (C=O) groups excluding carboxylic acids is 2. The number of benzene rings is 2. The predicted molar refractivity (Wildman–Crippen MR) is 111 cm³/mol. The first-order valence-corrected chi connectivity index (χ1v) is 9.58. The summed E-state index contributed by atoms with van der Waals surface area (Å²) in [5.74, 6) is 0.484. The lowest BCUT2D eigenvalue weighted by Crippen LogP contribution is -2.49. The van der Waals surface area contributed by atoms with Crippen molar-refractivity contribution in [2.24, 2.45) is 0 Å². The van der Waals surface area contributed by atoms with Crippen LogP contribution in [0.15, 0.2) is 48.5 Å². The number of amides is 2. The molecule has 28 heavy (non-hydrogen) atoms. The van der Waals surface area contributed by atoms with Crippen molar-refractivity contribution >= 4 is 11.8 Å². The summed E-state index contributed by atoms with van der Waals surface area (Å²) in [7, 11) is 1.61. The number of carbonyl (C=O) groups is 2. The number of hydrogen-bond donors (Lipinski definition) is 1. The lowest BCUT2D eigenvalue weighted by atomic mass is 10.1. The Hall–Kier alpha value is -2.82. The van der Waals surface area contributed by atoms with Crippen LogP contribution in [0.1, 0.15) is 37.5 Å². The lowest BCUT2D eigenvalue weighted by molar-refractivity contribution is -0.140. The van der Waals surface area contributed by atoms with E-state index in [2.05, 4.69) is 5.32 Å². The SMILES string of the molecule is COc1cccc(CN(C(=O)Cc2cccc(C)c2)C(C)C(=O)NC(C)C)c1. The third kappa shape index (κ3) is 6.12. The molecule has 0 aromatic heterocycles. The van der Waals surface area contributed by atoms with Gasteiger partial charge in [-0.1, -0.05) is 42.0 Å². The van der Waals surface area contributed by atoms with E-state index in [0.717, 1.165) is 22.4 Å². The van der Waals surface area contributed by atoms with Gasteiger partial charge in [-0.05, 0) is 51.0 Å². The van der Waals surface area contributed by atoms with E-state index in [1.807, 2.05) is 69.3 Å². The first-order chi connectivity index (χ1) is 13.3. The molecule has 0 fully saturated rings. The third-order valence-electron chi connectivity index (χ3n) is 4.52. The maximum atomic E-state index is 13.1. The smallest absolute Gasteiger partial charge is 0.242 e. The summed E-state index contributed by atoms with van der Waals surface area (Å²) in [6.45, 7) is 7.93. The van der Waals surface area contributed by atoms with Crippen molar-refractivity contribution in [3.05, 3.63) is 65.2 Å². The van der Waals surface area contributed by atoms with Gasteiger partial charge in [-0.2, -0.15) is 0 Å². The van der Waals surface area contributed by atoms with E-state index in [0.29, 0.717) is 6.54 Å². The number of rotatable bonds is 8. The molecule has 1 N–H and O–H groups in total. The van der Waals surface area contributed by atoms with Crippen molar-refractivity contribution in [3.8, 4) is 5.75 Å². The molecule has 2 rings (SSSR count). The summed E-state index contributed by atoms with van der Waals surface area (Å²) in [4.78, 5) is 27.4. The van der Waals surface area contributed by atoms with Crippen LogP contribution in [-0.4, -0.2) is 35.9 Å². The highest BCUT2D eigenvalue weighted by Crippen LogP contribution is 2.17. The molecule has 2 amide bonds. The Balaban J connectivity index is 2.25.